The van der Waals surface area contributed by atoms with E-state index in [2.05, 4.69) is 9.84 Å². The summed E-state index contributed by atoms with van der Waals surface area (Å²) >= 11 is 0. The number of alkyl halides is 3. The largest absolute Gasteiger partial charge is 0.464 e. The SMILES string of the molecule is COC(=O)/C(=N/NS(=O)(=O)c1ccc(C)cc1)C(F)(F)F. The minimum absolute atomic E-state index is 0.289. The minimum atomic E-state index is -5.15. The number of methoxy groups -OCH3 is 1. The lowest BCUT2D eigenvalue weighted by atomic mass is 10.2. The van der Waals surface area contributed by atoms with Gasteiger partial charge in [0.2, 0.25) is 5.71 Å². The first-order valence-corrected chi connectivity index (χ1v) is 6.88. The van der Waals surface area contributed by atoms with Gasteiger partial charge < -0.3 is 4.74 Å². The van der Waals surface area contributed by atoms with Gasteiger partial charge in [0.25, 0.3) is 10.0 Å². The lowest BCUT2D eigenvalue weighted by molar-refractivity contribution is -0.137. The highest BCUT2D eigenvalue weighted by molar-refractivity contribution is 7.89. The Bertz CT molecular complexity index is 651. The number of sulfonamides is 1. The highest BCUT2D eigenvalue weighted by Gasteiger charge is 2.42. The predicted octanol–water partition coefficient (Wildman–Crippen LogP) is 1.36. The van der Waals surface area contributed by atoms with Crippen LogP contribution in [0.15, 0.2) is 34.3 Å². The molecule has 0 saturated carbocycles. The Balaban J connectivity index is 3.09. The van der Waals surface area contributed by atoms with Crippen molar-refractivity contribution in [1.29, 1.82) is 0 Å². The quantitative estimate of drug-likeness (QED) is 0.515. The summed E-state index contributed by atoms with van der Waals surface area (Å²) in [6.07, 6.45) is -5.15. The Morgan fingerprint density at radius 3 is 2.19 bits per heavy atom. The molecule has 10 heteroatoms. The second kappa shape index (κ2) is 6.12. The van der Waals surface area contributed by atoms with Crippen LogP contribution in [0.4, 0.5) is 13.2 Å². The molecule has 0 aromatic heterocycles. The summed E-state index contributed by atoms with van der Waals surface area (Å²) in [6, 6.07) is 5.31. The number of benzene rings is 1. The molecule has 0 aliphatic rings. The number of nitrogens with zero attached hydrogens (tertiary/aromatic N) is 1. The fourth-order valence-corrected chi connectivity index (χ4v) is 2.01. The van der Waals surface area contributed by atoms with Crippen molar-refractivity contribution < 1.29 is 31.1 Å². The molecule has 6 nitrogen and oxygen atoms in total. The van der Waals surface area contributed by atoms with Crippen molar-refractivity contribution in [3.8, 4) is 0 Å². The first kappa shape index (κ1) is 17.0. The Kier molecular flexibility index (Phi) is 4.94. The van der Waals surface area contributed by atoms with Gasteiger partial charge in [0.15, 0.2) is 0 Å². The van der Waals surface area contributed by atoms with Gasteiger partial charge in [-0.25, -0.2) is 4.79 Å². The molecule has 116 valence electrons. The number of aryl methyl sites for hydroxylation is 1. The van der Waals surface area contributed by atoms with Crippen LogP contribution in [-0.2, 0) is 19.6 Å². The van der Waals surface area contributed by atoms with Crippen LogP contribution in [0.3, 0.4) is 0 Å². The van der Waals surface area contributed by atoms with E-state index in [9.17, 15) is 26.4 Å². The van der Waals surface area contributed by atoms with Crippen LogP contribution in [-0.4, -0.2) is 33.4 Å². The third-order valence-corrected chi connectivity index (χ3v) is 3.48. The molecule has 1 aromatic carbocycles. The van der Waals surface area contributed by atoms with Gasteiger partial charge in [0.1, 0.15) is 0 Å². The van der Waals surface area contributed by atoms with Gasteiger partial charge in [0.05, 0.1) is 12.0 Å². The van der Waals surface area contributed by atoms with Gasteiger partial charge >= 0.3 is 12.1 Å². The molecule has 0 radical (unpaired) electrons. The molecule has 1 aromatic rings. The van der Waals surface area contributed by atoms with Crippen molar-refractivity contribution in [3.05, 3.63) is 29.8 Å². The zero-order chi connectivity index (χ0) is 16.3. The molecule has 0 bridgehead atoms. The Morgan fingerprint density at radius 2 is 1.76 bits per heavy atom. The molecule has 1 N–H and O–H groups in total. The molecule has 1 rings (SSSR count). The maximum atomic E-state index is 12.5. The molecule has 0 aliphatic carbocycles. The average Bonchev–Trinajstić information content (AvgIpc) is 2.37. The number of rotatable bonds is 4. The summed E-state index contributed by atoms with van der Waals surface area (Å²) in [5.74, 6) is -1.80. The minimum Gasteiger partial charge on any atom is -0.464 e. The van der Waals surface area contributed by atoms with Crippen molar-refractivity contribution in [1.82, 2.24) is 4.83 Å². The van der Waals surface area contributed by atoms with Crippen molar-refractivity contribution in [3.63, 3.8) is 0 Å². The normalized spacial score (nSPS) is 12.9. The average molecular weight is 324 g/mol. The fraction of sp³-hybridized carbons (Fsp3) is 0.273. The van der Waals surface area contributed by atoms with Crippen LogP contribution in [0.5, 0.6) is 0 Å². The van der Waals surface area contributed by atoms with E-state index in [1.165, 1.54) is 29.1 Å². The third kappa shape index (κ3) is 4.45. The molecule has 0 aliphatic heterocycles. The maximum absolute atomic E-state index is 12.5. The summed E-state index contributed by atoms with van der Waals surface area (Å²) in [5, 5.41) is 2.62. The number of ether oxygens (including phenoxy) is 1. The Labute approximate surface area is 118 Å². The highest BCUT2D eigenvalue weighted by atomic mass is 32.2. The van der Waals surface area contributed by atoms with E-state index in [1.54, 1.807) is 6.92 Å². The second-order valence-electron chi connectivity index (χ2n) is 3.86. The number of hydrazone groups is 1. The number of halogens is 3. The van der Waals surface area contributed by atoms with Crippen LogP contribution < -0.4 is 4.83 Å². The summed E-state index contributed by atoms with van der Waals surface area (Å²) in [4.78, 5) is 12.0. The summed E-state index contributed by atoms with van der Waals surface area (Å²) < 4.78 is 65.0. The monoisotopic (exact) mass is 324 g/mol. The standard InChI is InChI=1S/C11H11F3N2O4S/c1-7-3-5-8(6-4-7)21(18,19)16-15-9(10(17)20-2)11(12,13)14/h3-6,16H,1-2H3/b15-9-. The topological polar surface area (TPSA) is 84.8 Å². The summed E-state index contributed by atoms with van der Waals surface area (Å²) in [6.45, 7) is 1.71. The number of carbonyl (C=O) groups excluding carboxylic acids is 1. The van der Waals surface area contributed by atoms with E-state index in [0.29, 0.717) is 0 Å². The third-order valence-electron chi connectivity index (χ3n) is 2.26. The molecule has 0 fully saturated rings. The highest BCUT2D eigenvalue weighted by Crippen LogP contribution is 2.18. The van der Waals surface area contributed by atoms with Crippen molar-refractivity contribution in [2.75, 3.05) is 7.11 Å². The van der Waals surface area contributed by atoms with Crippen molar-refractivity contribution in [2.24, 2.45) is 5.10 Å². The summed E-state index contributed by atoms with van der Waals surface area (Å²) in [7, 11) is -3.60. The van der Waals surface area contributed by atoms with E-state index in [1.807, 2.05) is 0 Å². The van der Waals surface area contributed by atoms with Crippen LogP contribution >= 0.6 is 0 Å². The van der Waals surface area contributed by atoms with Gasteiger partial charge in [-0.15, -0.1) is 0 Å². The molecule has 0 spiro atoms. The zero-order valence-corrected chi connectivity index (χ0v) is 11.7. The number of esters is 1. The molecular formula is C11H11F3N2O4S. The molecule has 21 heavy (non-hydrogen) atoms. The molecular weight excluding hydrogens is 313 g/mol. The molecule has 0 amide bonds. The van der Waals surface area contributed by atoms with Crippen molar-refractivity contribution in [2.45, 2.75) is 18.0 Å². The predicted molar refractivity (Wildman–Crippen MR) is 67.0 cm³/mol. The van der Waals surface area contributed by atoms with Gasteiger partial charge in [-0.1, -0.05) is 17.7 Å². The van der Waals surface area contributed by atoms with E-state index >= 15 is 0 Å². The smallest absolute Gasteiger partial charge is 0.442 e. The Hall–Kier alpha value is -2.10. The molecule has 0 atom stereocenters. The van der Waals surface area contributed by atoms with E-state index in [4.69, 9.17) is 0 Å². The van der Waals surface area contributed by atoms with Gasteiger partial charge in [-0.05, 0) is 19.1 Å². The zero-order valence-electron chi connectivity index (χ0n) is 10.9. The number of hydrogen-bond donors (Lipinski definition) is 1. The first-order valence-electron chi connectivity index (χ1n) is 5.39. The van der Waals surface area contributed by atoms with Gasteiger partial charge in [-0.3, -0.25) is 0 Å². The fourth-order valence-electron chi connectivity index (χ4n) is 1.20. The van der Waals surface area contributed by atoms with Crippen LogP contribution in [0.25, 0.3) is 0 Å². The molecule has 0 unspecified atom stereocenters. The van der Waals surface area contributed by atoms with Gasteiger partial charge in [-0.2, -0.15) is 31.5 Å². The Morgan fingerprint density at radius 1 is 1.24 bits per heavy atom. The lowest BCUT2D eigenvalue weighted by Gasteiger charge is -2.09. The second-order valence-corrected chi connectivity index (χ2v) is 5.52. The van der Waals surface area contributed by atoms with E-state index < -0.39 is 27.9 Å². The van der Waals surface area contributed by atoms with Crippen molar-refractivity contribution >= 4 is 21.7 Å². The molecule has 0 heterocycles. The van der Waals surface area contributed by atoms with E-state index in [0.717, 1.165) is 12.7 Å². The number of carbonyl (C=O) groups is 1. The molecule has 0 saturated heterocycles. The van der Waals surface area contributed by atoms with Crippen LogP contribution in [0, 0.1) is 6.92 Å². The maximum Gasteiger partial charge on any atom is 0.442 e. The van der Waals surface area contributed by atoms with Gasteiger partial charge in [0, 0.05) is 0 Å². The van der Waals surface area contributed by atoms with E-state index in [-0.39, 0.29) is 4.90 Å². The lowest BCUT2D eigenvalue weighted by Crippen LogP contribution is -2.35. The first-order chi connectivity index (χ1) is 9.58. The number of nitrogens with one attached hydrogen (secondary N) is 1. The van der Waals surface area contributed by atoms with Crippen LogP contribution in [0.1, 0.15) is 5.56 Å². The van der Waals surface area contributed by atoms with Crippen LogP contribution in [0.2, 0.25) is 0 Å². The number of hydrogen-bond acceptors (Lipinski definition) is 5. The summed E-state index contributed by atoms with van der Waals surface area (Å²) in [5.41, 5.74) is -1.23.